The molecular weight excluding hydrogens is 414 g/mol. The molecule has 6 nitrogen and oxygen atoms in total. The summed E-state index contributed by atoms with van der Waals surface area (Å²) in [7, 11) is 0. The SMILES string of the molecule is O=C1NC[C@@H](CN2C=CN(c3ccc(-c4ccc(N5CCCCC5)c(F)c4)c(F)c3)C2)O1. The Hall–Kier alpha value is -3.29. The van der Waals surface area contributed by atoms with Gasteiger partial charge in [0.05, 0.1) is 25.4 Å². The molecule has 3 aliphatic heterocycles. The number of alkyl carbamates (subject to hydrolysis) is 1. The molecule has 3 heterocycles. The lowest BCUT2D eigenvalue weighted by Gasteiger charge is -2.29. The molecule has 1 N–H and O–H groups in total. The number of nitrogens with zero attached hydrogens (tertiary/aromatic N) is 3. The molecule has 0 unspecified atom stereocenters. The molecule has 1 atom stereocenters. The number of benzene rings is 2. The Morgan fingerprint density at radius 3 is 2.56 bits per heavy atom. The van der Waals surface area contributed by atoms with E-state index < -0.39 is 11.9 Å². The van der Waals surface area contributed by atoms with Crippen LogP contribution in [0, 0.1) is 11.6 Å². The lowest BCUT2D eigenvalue weighted by atomic mass is 10.0. The molecule has 0 radical (unpaired) electrons. The van der Waals surface area contributed by atoms with Gasteiger partial charge in [-0.05, 0) is 55.2 Å². The van der Waals surface area contributed by atoms with Gasteiger partial charge in [-0.2, -0.15) is 0 Å². The highest BCUT2D eigenvalue weighted by Gasteiger charge is 2.26. The molecule has 8 heteroatoms. The van der Waals surface area contributed by atoms with Crippen molar-refractivity contribution < 1.29 is 18.3 Å². The number of rotatable bonds is 5. The van der Waals surface area contributed by atoms with E-state index in [9.17, 15) is 13.6 Å². The van der Waals surface area contributed by atoms with Crippen molar-refractivity contribution in [2.45, 2.75) is 25.4 Å². The number of cyclic esters (lactones) is 1. The van der Waals surface area contributed by atoms with Crippen LogP contribution in [-0.4, -0.2) is 49.9 Å². The summed E-state index contributed by atoms with van der Waals surface area (Å²) in [4.78, 5) is 17.2. The number of carbonyl (C=O) groups excluding carboxylic acids is 1. The number of hydrogen-bond acceptors (Lipinski definition) is 5. The van der Waals surface area contributed by atoms with Gasteiger partial charge in [0.2, 0.25) is 0 Å². The predicted molar refractivity (Wildman–Crippen MR) is 119 cm³/mol. The number of piperidine rings is 1. The monoisotopic (exact) mass is 440 g/mol. The predicted octanol–water partition coefficient (Wildman–Crippen LogP) is 4.28. The van der Waals surface area contributed by atoms with Crippen LogP contribution in [0.3, 0.4) is 0 Å². The normalized spacial score (nSPS) is 20.6. The fourth-order valence-corrected chi connectivity index (χ4v) is 4.53. The number of carbonyl (C=O) groups is 1. The molecule has 3 aliphatic rings. The van der Waals surface area contributed by atoms with Crippen LogP contribution in [0.4, 0.5) is 25.0 Å². The first kappa shape index (κ1) is 20.6. The second kappa shape index (κ2) is 8.68. The van der Waals surface area contributed by atoms with Crippen LogP contribution in [0.25, 0.3) is 11.1 Å². The van der Waals surface area contributed by atoms with Crippen LogP contribution in [0.15, 0.2) is 48.8 Å². The number of ether oxygens (including phenoxy) is 1. The van der Waals surface area contributed by atoms with Crippen molar-refractivity contribution in [2.75, 3.05) is 42.6 Å². The summed E-state index contributed by atoms with van der Waals surface area (Å²) in [5, 5.41) is 2.64. The Morgan fingerprint density at radius 1 is 1.00 bits per heavy atom. The maximum atomic E-state index is 15.0. The topological polar surface area (TPSA) is 48.1 Å². The number of anilines is 2. The molecule has 168 valence electrons. The molecule has 0 saturated carbocycles. The molecule has 2 fully saturated rings. The lowest BCUT2D eigenvalue weighted by Crippen LogP contribution is -2.33. The number of amides is 1. The molecule has 2 saturated heterocycles. The zero-order valence-corrected chi connectivity index (χ0v) is 17.8. The molecular formula is C24H26F2N4O2. The van der Waals surface area contributed by atoms with E-state index in [0.717, 1.165) is 25.9 Å². The third kappa shape index (κ3) is 4.22. The quantitative estimate of drug-likeness (QED) is 0.752. The molecule has 1 amide bonds. The van der Waals surface area contributed by atoms with Crippen molar-refractivity contribution >= 4 is 17.5 Å². The minimum atomic E-state index is -0.395. The van der Waals surface area contributed by atoms with E-state index in [-0.39, 0.29) is 11.9 Å². The average Bonchev–Trinajstić information content (AvgIpc) is 3.43. The smallest absolute Gasteiger partial charge is 0.407 e. The van der Waals surface area contributed by atoms with Crippen LogP contribution < -0.4 is 15.1 Å². The number of halogens is 2. The summed E-state index contributed by atoms with van der Waals surface area (Å²) in [6.07, 6.45) is 6.49. The van der Waals surface area contributed by atoms with E-state index in [2.05, 4.69) is 10.2 Å². The van der Waals surface area contributed by atoms with Crippen molar-refractivity contribution in [3.63, 3.8) is 0 Å². The summed E-state index contributed by atoms with van der Waals surface area (Å²) >= 11 is 0. The fraction of sp³-hybridized carbons (Fsp3) is 0.375. The standard InChI is InChI=1S/C24H26F2N4O2/c25-21-13-18(30-11-10-28(16-30)15-19-14-27-24(31)32-19)5-6-20(21)17-4-7-23(22(26)12-17)29-8-2-1-3-9-29/h4-7,10-13,19H,1-3,8-9,14-16H2,(H,27,31)/t19-/m0/s1. The van der Waals surface area contributed by atoms with Crippen molar-refractivity contribution in [3.8, 4) is 11.1 Å². The van der Waals surface area contributed by atoms with Crippen LogP contribution >= 0.6 is 0 Å². The fourth-order valence-electron chi connectivity index (χ4n) is 4.53. The summed E-state index contributed by atoms with van der Waals surface area (Å²) in [6, 6.07) is 9.97. The lowest BCUT2D eigenvalue weighted by molar-refractivity contribution is 0.123. The second-order valence-corrected chi connectivity index (χ2v) is 8.47. The Balaban J connectivity index is 1.27. The van der Waals surface area contributed by atoms with Gasteiger partial charge in [-0.1, -0.05) is 6.07 Å². The van der Waals surface area contributed by atoms with Gasteiger partial charge in [-0.25, -0.2) is 13.6 Å². The van der Waals surface area contributed by atoms with Gasteiger partial charge >= 0.3 is 6.09 Å². The van der Waals surface area contributed by atoms with Crippen molar-refractivity contribution in [1.82, 2.24) is 10.2 Å². The molecule has 2 aromatic rings. The molecule has 0 bridgehead atoms. The maximum Gasteiger partial charge on any atom is 0.407 e. The van der Waals surface area contributed by atoms with Gasteiger partial charge in [0.25, 0.3) is 0 Å². The summed E-state index contributed by atoms with van der Waals surface area (Å²) in [5.41, 5.74) is 2.20. The third-order valence-corrected chi connectivity index (χ3v) is 6.22. The summed E-state index contributed by atoms with van der Waals surface area (Å²) in [5.74, 6) is -0.707. The maximum absolute atomic E-state index is 15.0. The summed E-state index contributed by atoms with van der Waals surface area (Å²) < 4.78 is 34.9. The highest BCUT2D eigenvalue weighted by Crippen LogP contribution is 2.32. The van der Waals surface area contributed by atoms with E-state index in [4.69, 9.17) is 4.74 Å². The van der Waals surface area contributed by atoms with Gasteiger partial charge in [-0.15, -0.1) is 0 Å². The van der Waals surface area contributed by atoms with E-state index >= 15 is 0 Å². The average molecular weight is 440 g/mol. The van der Waals surface area contributed by atoms with Gasteiger partial charge < -0.3 is 24.8 Å². The molecule has 0 aromatic heterocycles. The van der Waals surface area contributed by atoms with Crippen LogP contribution in [-0.2, 0) is 4.74 Å². The van der Waals surface area contributed by atoms with E-state index in [1.54, 1.807) is 18.2 Å². The highest BCUT2D eigenvalue weighted by molar-refractivity contribution is 5.70. The van der Waals surface area contributed by atoms with Crippen molar-refractivity contribution in [2.24, 2.45) is 0 Å². The second-order valence-electron chi connectivity index (χ2n) is 8.47. The minimum absolute atomic E-state index is 0.200. The first-order chi connectivity index (χ1) is 15.6. The van der Waals surface area contributed by atoms with E-state index in [1.165, 1.54) is 18.6 Å². The first-order valence-corrected chi connectivity index (χ1v) is 11.0. The molecule has 32 heavy (non-hydrogen) atoms. The van der Waals surface area contributed by atoms with E-state index in [1.807, 2.05) is 28.3 Å². The van der Waals surface area contributed by atoms with Crippen molar-refractivity contribution in [3.05, 3.63) is 60.4 Å². The van der Waals surface area contributed by atoms with Gasteiger partial charge in [-0.3, -0.25) is 0 Å². The largest absolute Gasteiger partial charge is 0.442 e. The van der Waals surface area contributed by atoms with Gasteiger partial charge in [0, 0.05) is 36.7 Å². The van der Waals surface area contributed by atoms with Gasteiger partial charge in [0.15, 0.2) is 0 Å². The Kier molecular flexibility index (Phi) is 5.59. The van der Waals surface area contributed by atoms with Gasteiger partial charge in [0.1, 0.15) is 17.7 Å². The highest BCUT2D eigenvalue weighted by atomic mass is 19.1. The molecule has 0 aliphatic carbocycles. The first-order valence-electron chi connectivity index (χ1n) is 11.0. The third-order valence-electron chi connectivity index (χ3n) is 6.22. The van der Waals surface area contributed by atoms with E-state index in [0.29, 0.717) is 42.3 Å². The molecule has 2 aromatic carbocycles. The number of nitrogens with one attached hydrogen (secondary N) is 1. The minimum Gasteiger partial charge on any atom is -0.442 e. The Labute approximate surface area is 186 Å². The van der Waals surface area contributed by atoms with Crippen LogP contribution in [0.2, 0.25) is 0 Å². The number of hydrogen-bond donors (Lipinski definition) is 1. The van der Waals surface area contributed by atoms with Crippen LogP contribution in [0.5, 0.6) is 0 Å². The molecule has 0 spiro atoms. The molecule has 5 rings (SSSR count). The summed E-state index contributed by atoms with van der Waals surface area (Å²) in [6.45, 7) is 3.30. The zero-order valence-electron chi connectivity index (χ0n) is 17.8. The van der Waals surface area contributed by atoms with Crippen LogP contribution in [0.1, 0.15) is 19.3 Å². The van der Waals surface area contributed by atoms with Crippen molar-refractivity contribution in [1.29, 1.82) is 0 Å². The Morgan fingerprint density at radius 2 is 1.84 bits per heavy atom. The Bertz CT molecular complexity index is 1040. The zero-order chi connectivity index (χ0) is 22.1.